The highest BCUT2D eigenvalue weighted by molar-refractivity contribution is 7.99. The van der Waals surface area contributed by atoms with Gasteiger partial charge in [-0.2, -0.15) is 11.8 Å². The second-order valence-electron chi connectivity index (χ2n) is 4.31. The van der Waals surface area contributed by atoms with Crippen molar-refractivity contribution in [2.45, 2.75) is 13.0 Å². The Labute approximate surface area is 101 Å². The van der Waals surface area contributed by atoms with E-state index in [2.05, 4.69) is 4.90 Å². The van der Waals surface area contributed by atoms with Crippen LogP contribution in [0.3, 0.4) is 0 Å². The number of ketones is 1. The molecule has 1 saturated heterocycles. The fourth-order valence-electron chi connectivity index (χ4n) is 1.95. The predicted molar refractivity (Wildman–Crippen MR) is 69.3 cm³/mol. The van der Waals surface area contributed by atoms with E-state index >= 15 is 0 Å². The predicted octanol–water partition coefficient (Wildman–Crippen LogP) is 2.22. The van der Waals surface area contributed by atoms with Crippen LogP contribution in [0.5, 0.6) is 0 Å². The van der Waals surface area contributed by atoms with Crippen LogP contribution in [-0.2, 0) is 0 Å². The molecular weight excluding hydrogens is 218 g/mol. The van der Waals surface area contributed by atoms with Gasteiger partial charge in [-0.3, -0.25) is 9.69 Å². The highest BCUT2D eigenvalue weighted by atomic mass is 32.2. The lowest BCUT2D eigenvalue weighted by Gasteiger charge is -2.30. The molecule has 0 N–H and O–H groups in total. The van der Waals surface area contributed by atoms with Crippen molar-refractivity contribution in [2.24, 2.45) is 0 Å². The molecule has 1 aromatic carbocycles. The van der Waals surface area contributed by atoms with Gasteiger partial charge in [-0.15, -0.1) is 0 Å². The molecule has 0 aliphatic carbocycles. The van der Waals surface area contributed by atoms with E-state index < -0.39 is 0 Å². The van der Waals surface area contributed by atoms with Crippen molar-refractivity contribution < 1.29 is 4.79 Å². The molecule has 2 rings (SSSR count). The third-order valence-corrected chi connectivity index (χ3v) is 4.02. The van der Waals surface area contributed by atoms with Gasteiger partial charge in [-0.05, 0) is 20.0 Å². The average molecular weight is 235 g/mol. The Bertz CT molecular complexity index is 391. The van der Waals surface area contributed by atoms with Crippen molar-refractivity contribution in [3.05, 3.63) is 35.4 Å². The molecule has 0 bridgehead atoms. The quantitative estimate of drug-likeness (QED) is 0.733. The van der Waals surface area contributed by atoms with Crippen LogP contribution in [0.1, 0.15) is 15.9 Å². The number of aryl methyl sites for hydroxylation is 1. The normalized spacial score (nSPS) is 22.0. The first kappa shape index (κ1) is 11.7. The fourth-order valence-corrected chi connectivity index (χ4v) is 3.17. The lowest BCUT2D eigenvalue weighted by atomic mass is 10.0. The van der Waals surface area contributed by atoms with E-state index in [-0.39, 0.29) is 11.8 Å². The molecule has 1 aliphatic heterocycles. The molecule has 0 saturated carbocycles. The monoisotopic (exact) mass is 235 g/mol. The number of rotatable bonds is 2. The summed E-state index contributed by atoms with van der Waals surface area (Å²) in [4.78, 5) is 14.5. The lowest BCUT2D eigenvalue weighted by molar-refractivity contribution is 0.0874. The molecular formula is C13H17NOS. The van der Waals surface area contributed by atoms with Crippen LogP contribution in [0.15, 0.2) is 24.3 Å². The molecule has 0 spiro atoms. The van der Waals surface area contributed by atoms with Gasteiger partial charge in [-0.25, -0.2) is 0 Å². The van der Waals surface area contributed by atoms with Gasteiger partial charge in [0.25, 0.3) is 0 Å². The van der Waals surface area contributed by atoms with E-state index in [1.54, 1.807) is 0 Å². The van der Waals surface area contributed by atoms with Crippen molar-refractivity contribution in [1.29, 1.82) is 0 Å². The van der Waals surface area contributed by atoms with Crippen molar-refractivity contribution in [1.82, 2.24) is 4.90 Å². The second-order valence-corrected chi connectivity index (χ2v) is 5.45. The number of thioether (sulfide) groups is 1. The summed E-state index contributed by atoms with van der Waals surface area (Å²) in [6.07, 6.45) is 0. The molecule has 1 unspecified atom stereocenters. The van der Waals surface area contributed by atoms with Gasteiger partial charge in [0.05, 0.1) is 6.04 Å². The molecule has 1 aliphatic rings. The smallest absolute Gasteiger partial charge is 0.180 e. The summed E-state index contributed by atoms with van der Waals surface area (Å²) in [6, 6.07) is 7.94. The highest BCUT2D eigenvalue weighted by Gasteiger charge is 2.26. The van der Waals surface area contributed by atoms with Gasteiger partial charge in [0.15, 0.2) is 5.78 Å². The number of Topliss-reactive ketones (excluding diaryl/α,β-unsaturated/α-hetero) is 1. The van der Waals surface area contributed by atoms with Crippen molar-refractivity contribution in [3.63, 3.8) is 0 Å². The lowest BCUT2D eigenvalue weighted by Crippen LogP contribution is -2.44. The van der Waals surface area contributed by atoms with Gasteiger partial charge in [0.1, 0.15) is 0 Å². The molecule has 1 aromatic rings. The summed E-state index contributed by atoms with van der Waals surface area (Å²) >= 11 is 1.87. The molecule has 3 heteroatoms. The first-order chi connectivity index (χ1) is 7.68. The Kier molecular flexibility index (Phi) is 3.66. The minimum absolute atomic E-state index is 0.0561. The molecule has 86 valence electrons. The number of hydrogen-bond acceptors (Lipinski definition) is 3. The second kappa shape index (κ2) is 5.02. The zero-order chi connectivity index (χ0) is 11.5. The van der Waals surface area contributed by atoms with Gasteiger partial charge < -0.3 is 0 Å². The van der Waals surface area contributed by atoms with Crippen LogP contribution < -0.4 is 0 Å². The number of likely N-dealkylation sites (N-methyl/N-ethyl adjacent to an activating group) is 1. The van der Waals surface area contributed by atoms with Crippen molar-refractivity contribution in [2.75, 3.05) is 25.1 Å². The molecule has 16 heavy (non-hydrogen) atoms. The van der Waals surface area contributed by atoms with Crippen LogP contribution in [0.2, 0.25) is 0 Å². The van der Waals surface area contributed by atoms with Gasteiger partial charge in [0.2, 0.25) is 0 Å². The van der Waals surface area contributed by atoms with Crippen molar-refractivity contribution >= 4 is 17.5 Å². The van der Waals surface area contributed by atoms with Crippen LogP contribution in [0.25, 0.3) is 0 Å². The van der Waals surface area contributed by atoms with Crippen LogP contribution in [0, 0.1) is 6.92 Å². The van der Waals surface area contributed by atoms with E-state index in [1.807, 2.05) is 50.0 Å². The van der Waals surface area contributed by atoms with E-state index in [9.17, 15) is 4.79 Å². The largest absolute Gasteiger partial charge is 0.295 e. The van der Waals surface area contributed by atoms with Crippen LogP contribution in [-0.4, -0.2) is 41.8 Å². The molecule has 2 nitrogen and oxygen atoms in total. The van der Waals surface area contributed by atoms with Crippen molar-refractivity contribution in [3.8, 4) is 0 Å². The summed E-state index contributed by atoms with van der Waals surface area (Å²) in [5.41, 5.74) is 2.00. The first-order valence-corrected chi connectivity index (χ1v) is 6.73. The Hall–Kier alpha value is -0.800. The number of carbonyl (C=O) groups excluding carboxylic acids is 1. The number of hydrogen-bond donors (Lipinski definition) is 0. The Balaban J connectivity index is 2.17. The van der Waals surface area contributed by atoms with Gasteiger partial charge >= 0.3 is 0 Å². The topological polar surface area (TPSA) is 20.3 Å². The van der Waals surface area contributed by atoms with E-state index in [0.717, 1.165) is 29.2 Å². The average Bonchev–Trinajstić information content (AvgIpc) is 2.29. The Morgan fingerprint density at radius 1 is 1.50 bits per heavy atom. The van der Waals surface area contributed by atoms with Gasteiger partial charge in [-0.1, -0.05) is 23.8 Å². The van der Waals surface area contributed by atoms with E-state index in [0.29, 0.717) is 0 Å². The number of benzene rings is 1. The van der Waals surface area contributed by atoms with Crippen LogP contribution in [0.4, 0.5) is 0 Å². The zero-order valence-electron chi connectivity index (χ0n) is 9.77. The SMILES string of the molecule is Cc1cccc(C(=O)C2CSCCN2C)c1. The molecule has 0 radical (unpaired) electrons. The Morgan fingerprint density at radius 3 is 3.00 bits per heavy atom. The van der Waals surface area contributed by atoms with E-state index in [1.165, 1.54) is 0 Å². The summed E-state index contributed by atoms with van der Waals surface area (Å²) in [5, 5.41) is 0. The molecule has 1 heterocycles. The summed E-state index contributed by atoms with van der Waals surface area (Å²) < 4.78 is 0. The maximum atomic E-state index is 12.3. The zero-order valence-corrected chi connectivity index (χ0v) is 10.6. The fraction of sp³-hybridized carbons (Fsp3) is 0.462. The summed E-state index contributed by atoms with van der Waals surface area (Å²) in [6.45, 7) is 3.03. The molecule has 1 atom stereocenters. The van der Waals surface area contributed by atoms with Gasteiger partial charge in [0, 0.05) is 23.6 Å². The minimum Gasteiger partial charge on any atom is -0.295 e. The highest BCUT2D eigenvalue weighted by Crippen LogP contribution is 2.19. The summed E-state index contributed by atoms with van der Waals surface area (Å²) in [7, 11) is 2.04. The minimum atomic E-state index is 0.0561. The van der Waals surface area contributed by atoms with Crippen LogP contribution >= 0.6 is 11.8 Å². The maximum Gasteiger partial charge on any atom is 0.180 e. The third-order valence-electron chi connectivity index (χ3n) is 3.00. The maximum absolute atomic E-state index is 12.3. The molecule has 0 aromatic heterocycles. The number of nitrogens with zero attached hydrogens (tertiary/aromatic N) is 1. The first-order valence-electron chi connectivity index (χ1n) is 5.57. The molecule has 0 amide bonds. The van der Waals surface area contributed by atoms with E-state index in [4.69, 9.17) is 0 Å². The third kappa shape index (κ3) is 2.47. The summed E-state index contributed by atoms with van der Waals surface area (Å²) in [5.74, 6) is 2.32. The standard InChI is InChI=1S/C13H17NOS/c1-10-4-3-5-11(8-10)13(15)12-9-16-7-6-14(12)2/h3-5,8,12H,6-7,9H2,1-2H3. The number of carbonyl (C=O) groups is 1. The Morgan fingerprint density at radius 2 is 2.31 bits per heavy atom. The molecule has 1 fully saturated rings.